The lowest BCUT2D eigenvalue weighted by molar-refractivity contribution is -0.135. The van der Waals surface area contributed by atoms with Gasteiger partial charge in [-0.3, -0.25) is 19.4 Å². The summed E-state index contributed by atoms with van der Waals surface area (Å²) in [7, 11) is -3.78. The number of anilines is 1. The molecular weight excluding hydrogens is 434 g/mol. The van der Waals surface area contributed by atoms with Crippen molar-refractivity contribution in [2.45, 2.75) is 24.3 Å². The number of benzene rings is 1. The summed E-state index contributed by atoms with van der Waals surface area (Å²) in [4.78, 5) is 33.6. The highest BCUT2D eigenvalue weighted by Crippen LogP contribution is 2.33. The van der Waals surface area contributed by atoms with Gasteiger partial charge in [-0.15, -0.1) is 0 Å². The topological polar surface area (TPSA) is 116 Å². The van der Waals surface area contributed by atoms with Crippen molar-refractivity contribution in [3.8, 4) is 0 Å². The molecule has 1 aromatic rings. The van der Waals surface area contributed by atoms with Gasteiger partial charge in [0.15, 0.2) is 0 Å². The van der Waals surface area contributed by atoms with Crippen LogP contribution in [0.4, 0.5) is 5.69 Å². The Morgan fingerprint density at radius 2 is 1.62 bits per heavy atom. The van der Waals surface area contributed by atoms with Gasteiger partial charge in [-0.1, -0.05) is 0 Å². The summed E-state index contributed by atoms with van der Waals surface area (Å²) < 4.78 is 28.6. The van der Waals surface area contributed by atoms with E-state index in [1.807, 2.05) is 11.8 Å². The first-order valence-electron chi connectivity index (χ1n) is 11.0. The number of primary sulfonamides is 1. The van der Waals surface area contributed by atoms with Crippen LogP contribution in [0.15, 0.2) is 23.1 Å². The third-order valence-electron chi connectivity index (χ3n) is 6.41. The van der Waals surface area contributed by atoms with E-state index in [0.717, 1.165) is 24.3 Å². The van der Waals surface area contributed by atoms with Crippen LogP contribution in [0.5, 0.6) is 0 Å². The van der Waals surface area contributed by atoms with Gasteiger partial charge in [0, 0.05) is 51.0 Å². The van der Waals surface area contributed by atoms with E-state index < -0.39 is 10.0 Å². The molecule has 0 saturated carbocycles. The Hall–Kier alpha value is -2.05. The molecule has 1 aromatic carbocycles. The van der Waals surface area contributed by atoms with Crippen molar-refractivity contribution in [2.75, 3.05) is 70.5 Å². The summed E-state index contributed by atoms with van der Waals surface area (Å²) in [6.45, 7) is 8.09. The number of carbonyl (C=O) groups excluding carboxylic acids is 2. The molecule has 2 amide bonds. The van der Waals surface area contributed by atoms with Crippen LogP contribution in [0.3, 0.4) is 0 Å². The summed E-state index contributed by atoms with van der Waals surface area (Å²) >= 11 is 0. The monoisotopic (exact) mass is 465 g/mol. The van der Waals surface area contributed by atoms with Crippen LogP contribution in [0.1, 0.15) is 12.5 Å². The van der Waals surface area contributed by atoms with Crippen molar-refractivity contribution >= 4 is 27.5 Å². The van der Waals surface area contributed by atoms with Gasteiger partial charge in [0.2, 0.25) is 21.8 Å². The van der Waals surface area contributed by atoms with E-state index in [4.69, 9.17) is 9.88 Å². The summed E-state index contributed by atoms with van der Waals surface area (Å²) in [6, 6.07) is 4.63. The minimum absolute atomic E-state index is 0.0206. The summed E-state index contributed by atoms with van der Waals surface area (Å²) in [5.74, 6) is 0.110. The number of hydrogen-bond donors (Lipinski definition) is 1. The maximum atomic E-state index is 13.1. The van der Waals surface area contributed by atoms with Crippen LogP contribution >= 0.6 is 0 Å². The highest BCUT2D eigenvalue weighted by molar-refractivity contribution is 7.89. The molecule has 0 radical (unpaired) electrons. The zero-order valence-electron chi connectivity index (χ0n) is 18.4. The first-order chi connectivity index (χ1) is 15.2. The number of nitrogens with two attached hydrogens (primary N) is 1. The zero-order chi connectivity index (χ0) is 22.9. The Labute approximate surface area is 188 Å². The van der Waals surface area contributed by atoms with Gasteiger partial charge in [0.05, 0.1) is 31.2 Å². The van der Waals surface area contributed by atoms with Gasteiger partial charge >= 0.3 is 0 Å². The van der Waals surface area contributed by atoms with Crippen LogP contribution in [0.25, 0.3) is 0 Å². The first-order valence-corrected chi connectivity index (χ1v) is 12.5. The van der Waals surface area contributed by atoms with Crippen molar-refractivity contribution in [1.29, 1.82) is 0 Å². The fraction of sp³-hybridized carbons (Fsp3) is 0.619. The average Bonchev–Trinajstić information content (AvgIpc) is 3.09. The number of piperazine rings is 1. The molecule has 3 aliphatic rings. The van der Waals surface area contributed by atoms with Crippen LogP contribution in [0.2, 0.25) is 0 Å². The highest BCUT2D eigenvalue weighted by atomic mass is 32.2. The van der Waals surface area contributed by atoms with E-state index in [1.54, 1.807) is 17.0 Å². The molecule has 10 nitrogen and oxygen atoms in total. The Balaban J connectivity index is 1.31. The van der Waals surface area contributed by atoms with Crippen LogP contribution in [0, 0.1) is 0 Å². The second-order valence-corrected chi connectivity index (χ2v) is 10.3. The third-order valence-corrected chi connectivity index (χ3v) is 7.32. The van der Waals surface area contributed by atoms with E-state index in [0.29, 0.717) is 52.4 Å². The second-order valence-electron chi connectivity index (χ2n) is 8.70. The lowest BCUT2D eigenvalue weighted by Gasteiger charge is -2.36. The van der Waals surface area contributed by atoms with Crippen LogP contribution in [-0.2, 0) is 30.8 Å². The zero-order valence-corrected chi connectivity index (χ0v) is 19.2. The van der Waals surface area contributed by atoms with E-state index in [1.165, 1.54) is 6.07 Å². The quantitative estimate of drug-likeness (QED) is 0.598. The molecule has 0 aromatic heterocycles. The van der Waals surface area contributed by atoms with Gasteiger partial charge in [-0.25, -0.2) is 13.6 Å². The molecule has 1 unspecified atom stereocenters. The molecular formula is C21H31N5O5S. The Kier molecular flexibility index (Phi) is 6.82. The molecule has 1 atom stereocenters. The molecule has 11 heteroatoms. The minimum Gasteiger partial charge on any atom is -0.379 e. The van der Waals surface area contributed by atoms with Gasteiger partial charge in [0.1, 0.15) is 0 Å². The number of rotatable bonds is 5. The van der Waals surface area contributed by atoms with Crippen LogP contribution in [-0.4, -0.2) is 107 Å². The summed E-state index contributed by atoms with van der Waals surface area (Å²) in [5.41, 5.74) is 1.56. The van der Waals surface area contributed by atoms with Gasteiger partial charge < -0.3 is 14.5 Å². The molecule has 3 heterocycles. The molecule has 0 bridgehead atoms. The molecule has 0 spiro atoms. The van der Waals surface area contributed by atoms with E-state index in [-0.39, 0.29) is 29.3 Å². The van der Waals surface area contributed by atoms with Gasteiger partial charge in [-0.05, 0) is 37.1 Å². The number of hydrogen-bond acceptors (Lipinski definition) is 7. The Morgan fingerprint density at radius 3 is 2.28 bits per heavy atom. The second kappa shape index (κ2) is 9.44. The first kappa shape index (κ1) is 23.1. The molecule has 2 N–H and O–H groups in total. The normalized spacial score (nSPS) is 22.8. The molecule has 2 fully saturated rings. The summed E-state index contributed by atoms with van der Waals surface area (Å²) in [5, 5.41) is 5.24. The SMILES string of the molecule is CC1Cc2cc(S(N)(=O)=O)ccc2N1C(=O)CN1CCN(C(=O)CN2CCOCC2)CC1. The van der Waals surface area contributed by atoms with Crippen molar-refractivity contribution in [1.82, 2.24) is 14.7 Å². The number of amides is 2. The smallest absolute Gasteiger partial charge is 0.241 e. The minimum atomic E-state index is -3.78. The fourth-order valence-corrected chi connectivity index (χ4v) is 5.20. The fourth-order valence-electron chi connectivity index (χ4n) is 4.64. The van der Waals surface area contributed by atoms with Crippen molar-refractivity contribution in [2.24, 2.45) is 5.14 Å². The largest absolute Gasteiger partial charge is 0.379 e. The van der Waals surface area contributed by atoms with Crippen molar-refractivity contribution in [3.63, 3.8) is 0 Å². The van der Waals surface area contributed by atoms with Gasteiger partial charge in [0.25, 0.3) is 0 Å². The number of ether oxygens (including phenoxy) is 1. The van der Waals surface area contributed by atoms with Crippen molar-refractivity contribution in [3.05, 3.63) is 23.8 Å². The summed E-state index contributed by atoms with van der Waals surface area (Å²) in [6.07, 6.45) is 0.592. The molecule has 3 aliphatic heterocycles. The van der Waals surface area contributed by atoms with E-state index >= 15 is 0 Å². The Bertz CT molecular complexity index is 971. The Morgan fingerprint density at radius 1 is 1.00 bits per heavy atom. The van der Waals surface area contributed by atoms with Crippen LogP contribution < -0.4 is 10.0 Å². The molecule has 4 rings (SSSR count). The molecule has 32 heavy (non-hydrogen) atoms. The van der Waals surface area contributed by atoms with Crippen molar-refractivity contribution < 1.29 is 22.7 Å². The molecule has 2 saturated heterocycles. The average molecular weight is 466 g/mol. The van der Waals surface area contributed by atoms with E-state index in [9.17, 15) is 18.0 Å². The van der Waals surface area contributed by atoms with Gasteiger partial charge in [-0.2, -0.15) is 0 Å². The molecule has 176 valence electrons. The lowest BCUT2D eigenvalue weighted by atomic mass is 10.1. The highest BCUT2D eigenvalue weighted by Gasteiger charge is 2.33. The predicted octanol–water partition coefficient (Wildman–Crippen LogP) is -0.912. The third kappa shape index (κ3) is 5.12. The number of nitrogens with zero attached hydrogens (tertiary/aromatic N) is 4. The number of carbonyl (C=O) groups is 2. The number of morpholine rings is 1. The number of sulfonamides is 1. The maximum absolute atomic E-state index is 13.1. The lowest BCUT2D eigenvalue weighted by Crippen LogP contribution is -2.54. The number of fused-ring (bicyclic) bond motifs is 1. The maximum Gasteiger partial charge on any atom is 0.241 e. The standard InChI is InChI=1S/C21H31N5O5S/c1-16-12-17-13-18(32(22,29)30)2-3-19(17)26(16)21(28)15-23-4-6-25(7-5-23)20(27)14-24-8-10-31-11-9-24/h2-3,13,16H,4-12,14-15H2,1H3,(H2,22,29,30). The van der Waals surface area contributed by atoms with E-state index in [2.05, 4.69) is 9.80 Å². The predicted molar refractivity (Wildman–Crippen MR) is 119 cm³/mol. The molecule has 0 aliphatic carbocycles.